The van der Waals surface area contributed by atoms with E-state index < -0.39 is 31.1 Å². The third-order valence-electron chi connectivity index (χ3n) is 5.37. The molecule has 4 rings (SSSR count). The highest BCUT2D eigenvalue weighted by Gasteiger charge is 2.70. The van der Waals surface area contributed by atoms with Crippen molar-refractivity contribution < 1.29 is 13.2 Å². The van der Waals surface area contributed by atoms with Gasteiger partial charge in [0.2, 0.25) is 4.33 Å². The maximum Gasteiger partial charge on any atom is 0.275 e. The molecular formula is C22H21Cl2NO3S2. The van der Waals surface area contributed by atoms with Crippen molar-refractivity contribution in [3.05, 3.63) is 71.3 Å². The van der Waals surface area contributed by atoms with Gasteiger partial charge in [0.05, 0.1) is 10.8 Å². The number of aryl methyl sites for hydroxylation is 1. The van der Waals surface area contributed by atoms with Crippen molar-refractivity contribution in [2.75, 3.05) is 0 Å². The second-order valence-electron chi connectivity index (χ2n) is 7.80. The summed E-state index contributed by atoms with van der Waals surface area (Å²) in [7, 11) is -4.23. The van der Waals surface area contributed by atoms with E-state index in [-0.39, 0.29) is 10.1 Å². The van der Waals surface area contributed by atoms with Crippen molar-refractivity contribution in [2.45, 2.75) is 40.1 Å². The van der Waals surface area contributed by atoms with Gasteiger partial charge in [-0.3, -0.25) is 4.79 Å². The number of halogens is 2. The Hall–Kier alpha value is -1.47. The SMILES string of the molecule is Cc1ccc(S(=O)(=O)N2C(=O)C(Cl)(Cl)C3C=Cc4ccccc4C32SC(C)C)cc1. The largest absolute Gasteiger partial charge is 0.275 e. The van der Waals surface area contributed by atoms with Crippen LogP contribution < -0.4 is 0 Å². The Balaban J connectivity index is 2.05. The number of amides is 1. The highest BCUT2D eigenvalue weighted by molar-refractivity contribution is 8.01. The number of hydrogen-bond donors (Lipinski definition) is 0. The maximum absolute atomic E-state index is 13.8. The van der Waals surface area contributed by atoms with Gasteiger partial charge in [0.25, 0.3) is 15.9 Å². The minimum Gasteiger partial charge on any atom is -0.270 e. The van der Waals surface area contributed by atoms with Crippen molar-refractivity contribution in [3.63, 3.8) is 0 Å². The van der Waals surface area contributed by atoms with E-state index in [4.69, 9.17) is 23.2 Å². The molecule has 0 radical (unpaired) electrons. The van der Waals surface area contributed by atoms with Crippen LogP contribution in [-0.2, 0) is 19.7 Å². The van der Waals surface area contributed by atoms with E-state index in [1.54, 1.807) is 18.2 Å². The van der Waals surface area contributed by atoms with Gasteiger partial charge in [-0.15, -0.1) is 11.8 Å². The van der Waals surface area contributed by atoms with Crippen molar-refractivity contribution in [3.8, 4) is 0 Å². The number of sulfonamides is 1. The Kier molecular flexibility index (Phi) is 5.29. The third kappa shape index (κ3) is 3.03. The quantitative estimate of drug-likeness (QED) is 0.553. The van der Waals surface area contributed by atoms with Gasteiger partial charge in [0, 0.05) is 5.25 Å². The van der Waals surface area contributed by atoms with Crippen LogP contribution in [0.5, 0.6) is 0 Å². The minimum atomic E-state index is -4.23. The number of benzene rings is 2. The molecule has 0 saturated carbocycles. The van der Waals surface area contributed by atoms with Gasteiger partial charge in [0.1, 0.15) is 4.87 Å². The van der Waals surface area contributed by atoms with Crippen molar-refractivity contribution in [2.24, 2.45) is 5.92 Å². The Morgan fingerprint density at radius 1 is 1.07 bits per heavy atom. The summed E-state index contributed by atoms with van der Waals surface area (Å²) in [5.41, 5.74) is 2.47. The summed E-state index contributed by atoms with van der Waals surface area (Å²) in [4.78, 5) is 12.3. The minimum absolute atomic E-state index is 0.00203. The number of fused-ring (bicyclic) bond motifs is 3. The number of rotatable bonds is 4. The number of thioether (sulfide) groups is 1. The molecule has 2 atom stereocenters. The van der Waals surface area contributed by atoms with Crippen LogP contribution in [0.4, 0.5) is 0 Å². The second-order valence-corrected chi connectivity index (χ2v) is 12.8. The van der Waals surface area contributed by atoms with Gasteiger partial charge in [-0.25, -0.2) is 12.7 Å². The van der Waals surface area contributed by atoms with Crippen molar-refractivity contribution >= 4 is 57.0 Å². The van der Waals surface area contributed by atoms with E-state index >= 15 is 0 Å². The van der Waals surface area contributed by atoms with Gasteiger partial charge < -0.3 is 0 Å². The van der Waals surface area contributed by atoms with Crippen LogP contribution in [0.25, 0.3) is 6.08 Å². The fourth-order valence-corrected chi connectivity index (χ4v) is 8.65. The van der Waals surface area contributed by atoms with Crippen LogP contribution in [0.3, 0.4) is 0 Å². The topological polar surface area (TPSA) is 54.5 Å². The predicted octanol–water partition coefficient (Wildman–Crippen LogP) is 5.34. The lowest BCUT2D eigenvalue weighted by molar-refractivity contribution is -0.125. The summed E-state index contributed by atoms with van der Waals surface area (Å²) >= 11 is 14.6. The van der Waals surface area contributed by atoms with Crippen molar-refractivity contribution in [1.29, 1.82) is 0 Å². The Morgan fingerprint density at radius 3 is 2.33 bits per heavy atom. The summed E-state index contributed by atoms with van der Waals surface area (Å²) in [5.74, 6) is -1.57. The fourth-order valence-electron chi connectivity index (χ4n) is 4.14. The first-order chi connectivity index (χ1) is 14.0. The molecule has 1 aliphatic heterocycles. The molecule has 2 aromatic carbocycles. The Bertz CT molecular complexity index is 1140. The molecule has 2 unspecified atom stereocenters. The summed E-state index contributed by atoms with van der Waals surface area (Å²) < 4.78 is 26.7. The number of carbonyl (C=O) groups excluding carboxylic acids is 1. The first-order valence-electron chi connectivity index (χ1n) is 9.53. The lowest BCUT2D eigenvalue weighted by Crippen LogP contribution is -2.49. The molecule has 158 valence electrons. The van der Waals surface area contributed by atoms with Crippen LogP contribution in [-0.4, -0.2) is 28.2 Å². The molecule has 1 aliphatic carbocycles. The molecule has 1 fully saturated rings. The Morgan fingerprint density at radius 2 is 1.70 bits per heavy atom. The number of alkyl halides is 2. The number of nitrogens with zero attached hydrogens (tertiary/aromatic N) is 1. The lowest BCUT2D eigenvalue weighted by atomic mass is 9.84. The van der Waals surface area contributed by atoms with Gasteiger partial charge in [-0.05, 0) is 30.2 Å². The van der Waals surface area contributed by atoms with Gasteiger partial charge in [0.15, 0.2) is 0 Å². The normalized spacial score (nSPS) is 24.8. The third-order valence-corrected chi connectivity index (χ3v) is 9.57. The average Bonchev–Trinajstić information content (AvgIpc) is 2.85. The fraction of sp³-hybridized carbons (Fsp3) is 0.318. The first-order valence-corrected chi connectivity index (χ1v) is 12.6. The summed E-state index contributed by atoms with van der Waals surface area (Å²) in [6.07, 6.45) is 3.62. The van der Waals surface area contributed by atoms with E-state index in [0.29, 0.717) is 5.56 Å². The highest BCUT2D eigenvalue weighted by Crippen LogP contribution is 2.64. The van der Waals surface area contributed by atoms with Crippen LogP contribution in [0.2, 0.25) is 0 Å². The molecular weight excluding hydrogens is 461 g/mol. The smallest absolute Gasteiger partial charge is 0.270 e. The van der Waals surface area contributed by atoms with Crippen LogP contribution in [0, 0.1) is 12.8 Å². The zero-order valence-corrected chi connectivity index (χ0v) is 19.8. The predicted molar refractivity (Wildman–Crippen MR) is 123 cm³/mol. The molecule has 8 heteroatoms. The van der Waals surface area contributed by atoms with Crippen LogP contribution >= 0.6 is 35.0 Å². The van der Waals surface area contributed by atoms with E-state index in [1.807, 2.05) is 51.1 Å². The molecule has 30 heavy (non-hydrogen) atoms. The second kappa shape index (κ2) is 7.30. The highest BCUT2D eigenvalue weighted by atomic mass is 35.5. The standard InChI is InChI=1S/C22H21Cl2NO3S2/c1-14(2)29-22-18-7-5-4-6-16(18)10-13-19(22)21(23,24)20(26)25(22)30(27,28)17-11-8-15(3)9-12-17/h4-14,19H,1-3H3. The zero-order valence-electron chi connectivity index (χ0n) is 16.7. The molecule has 0 N–H and O–H groups in total. The van der Waals surface area contributed by atoms with Gasteiger partial charge >= 0.3 is 0 Å². The maximum atomic E-state index is 13.8. The summed E-state index contributed by atoms with van der Waals surface area (Å²) in [5, 5.41) is -0.00203. The van der Waals surface area contributed by atoms with E-state index in [0.717, 1.165) is 15.4 Å². The molecule has 0 aromatic heterocycles. The molecule has 1 saturated heterocycles. The lowest BCUT2D eigenvalue weighted by Gasteiger charge is -2.44. The van der Waals surface area contributed by atoms with E-state index in [2.05, 4.69) is 0 Å². The monoisotopic (exact) mass is 481 g/mol. The van der Waals surface area contributed by atoms with Crippen LogP contribution in [0.1, 0.15) is 30.5 Å². The number of hydrogen-bond acceptors (Lipinski definition) is 4. The molecule has 0 spiro atoms. The Labute approximate surface area is 191 Å². The van der Waals surface area contributed by atoms with E-state index in [9.17, 15) is 13.2 Å². The average molecular weight is 482 g/mol. The summed E-state index contributed by atoms with van der Waals surface area (Å²) in [6.45, 7) is 5.79. The van der Waals surface area contributed by atoms with Gasteiger partial charge in [-0.2, -0.15) is 0 Å². The molecule has 2 aliphatic rings. The summed E-state index contributed by atoms with van der Waals surface area (Å²) in [6, 6.07) is 13.9. The molecule has 2 aromatic rings. The van der Waals surface area contributed by atoms with Crippen LogP contribution in [0.15, 0.2) is 59.5 Å². The van der Waals surface area contributed by atoms with E-state index in [1.165, 1.54) is 23.9 Å². The molecule has 1 amide bonds. The number of carbonyl (C=O) groups is 1. The molecule has 0 bridgehead atoms. The van der Waals surface area contributed by atoms with Gasteiger partial charge in [-0.1, -0.05) is 91.2 Å². The van der Waals surface area contributed by atoms with Crippen molar-refractivity contribution in [1.82, 2.24) is 4.31 Å². The first kappa shape index (κ1) is 21.8. The molecule has 1 heterocycles. The zero-order chi connectivity index (χ0) is 21.9. The molecule has 4 nitrogen and oxygen atoms in total.